The first kappa shape index (κ1) is 21.0. The van der Waals surface area contributed by atoms with Crippen molar-refractivity contribution in [1.82, 2.24) is 14.9 Å². The van der Waals surface area contributed by atoms with Crippen molar-refractivity contribution in [2.45, 2.75) is 24.3 Å². The van der Waals surface area contributed by atoms with Crippen LogP contribution >= 0.6 is 23.4 Å². The van der Waals surface area contributed by atoms with Crippen LogP contribution in [-0.2, 0) is 4.79 Å². The minimum absolute atomic E-state index is 0.222. The fourth-order valence-electron chi connectivity index (χ4n) is 3.04. The number of carbonyl (C=O) groups is 1. The van der Waals surface area contributed by atoms with E-state index in [1.807, 2.05) is 56.3 Å². The number of halogens is 1. The van der Waals surface area contributed by atoms with Gasteiger partial charge in [-0.15, -0.1) is 10.2 Å². The standard InChI is InChI=1S/C22H20ClN5O2S/c1-13-8-9-16(12-18(13)23)25-21(29)19(15-6-4-3-5-7-15)31-22-27-26-20(28(22)24)17-10-11-30-14(17)2/h3-12,19H,24H2,1-2H3,(H,25,29). The number of benzene rings is 2. The van der Waals surface area contributed by atoms with Gasteiger partial charge in [-0.05, 0) is 43.2 Å². The zero-order chi connectivity index (χ0) is 22.0. The number of thioether (sulfide) groups is 1. The van der Waals surface area contributed by atoms with Crippen LogP contribution in [0.3, 0.4) is 0 Å². The average Bonchev–Trinajstić information content (AvgIpc) is 3.34. The Labute approximate surface area is 188 Å². The van der Waals surface area contributed by atoms with Gasteiger partial charge in [0.15, 0.2) is 5.82 Å². The van der Waals surface area contributed by atoms with E-state index in [9.17, 15) is 4.79 Å². The highest BCUT2D eigenvalue weighted by Crippen LogP contribution is 2.36. The summed E-state index contributed by atoms with van der Waals surface area (Å²) in [6, 6.07) is 16.6. The monoisotopic (exact) mass is 453 g/mol. The molecule has 3 N–H and O–H groups in total. The average molecular weight is 454 g/mol. The van der Waals surface area contributed by atoms with Crippen LogP contribution in [0.1, 0.15) is 22.1 Å². The number of hydrogen-bond donors (Lipinski definition) is 2. The predicted octanol–water partition coefficient (Wildman–Crippen LogP) is 4.99. The Morgan fingerprint density at radius 1 is 1.16 bits per heavy atom. The van der Waals surface area contributed by atoms with Crippen molar-refractivity contribution in [3.63, 3.8) is 0 Å². The zero-order valence-electron chi connectivity index (χ0n) is 16.9. The summed E-state index contributed by atoms with van der Waals surface area (Å²) in [5.74, 6) is 7.19. The van der Waals surface area contributed by atoms with Gasteiger partial charge in [0.1, 0.15) is 11.0 Å². The Morgan fingerprint density at radius 2 is 1.94 bits per heavy atom. The fraction of sp³-hybridized carbons (Fsp3) is 0.136. The molecule has 0 aliphatic carbocycles. The highest BCUT2D eigenvalue weighted by atomic mass is 35.5. The second-order valence-electron chi connectivity index (χ2n) is 6.93. The number of aromatic nitrogens is 3. The molecule has 1 atom stereocenters. The second-order valence-corrected chi connectivity index (χ2v) is 8.41. The summed E-state index contributed by atoms with van der Waals surface area (Å²) in [4.78, 5) is 13.2. The molecule has 0 saturated carbocycles. The molecule has 2 aromatic carbocycles. The molecular formula is C22H20ClN5O2S. The third-order valence-corrected chi connectivity index (χ3v) is 6.39. The summed E-state index contributed by atoms with van der Waals surface area (Å²) >= 11 is 7.42. The molecule has 0 radical (unpaired) electrons. The largest absolute Gasteiger partial charge is 0.469 e. The minimum atomic E-state index is -0.605. The predicted molar refractivity (Wildman–Crippen MR) is 122 cm³/mol. The minimum Gasteiger partial charge on any atom is -0.469 e. The van der Waals surface area contributed by atoms with E-state index in [-0.39, 0.29) is 5.91 Å². The van der Waals surface area contributed by atoms with Crippen LogP contribution in [0.25, 0.3) is 11.4 Å². The first-order chi connectivity index (χ1) is 14.9. The molecule has 7 nitrogen and oxygen atoms in total. The van der Waals surface area contributed by atoms with Gasteiger partial charge in [0, 0.05) is 10.7 Å². The van der Waals surface area contributed by atoms with Gasteiger partial charge in [-0.25, -0.2) is 4.68 Å². The lowest BCUT2D eigenvalue weighted by molar-refractivity contribution is -0.115. The lowest BCUT2D eigenvalue weighted by Gasteiger charge is -2.17. The van der Waals surface area contributed by atoms with Crippen LogP contribution in [0.2, 0.25) is 5.02 Å². The van der Waals surface area contributed by atoms with Crippen molar-refractivity contribution < 1.29 is 9.21 Å². The molecule has 0 aliphatic rings. The first-order valence-electron chi connectivity index (χ1n) is 9.47. The van der Waals surface area contributed by atoms with E-state index in [1.54, 1.807) is 18.4 Å². The van der Waals surface area contributed by atoms with Crippen molar-refractivity contribution in [2.75, 3.05) is 11.2 Å². The van der Waals surface area contributed by atoms with Gasteiger partial charge in [-0.2, -0.15) is 0 Å². The third-order valence-electron chi connectivity index (χ3n) is 4.77. The Balaban J connectivity index is 1.63. The van der Waals surface area contributed by atoms with Gasteiger partial charge in [0.2, 0.25) is 11.1 Å². The van der Waals surface area contributed by atoms with E-state index in [2.05, 4.69) is 15.5 Å². The van der Waals surface area contributed by atoms with Crippen molar-refractivity contribution >= 4 is 35.0 Å². The molecule has 9 heteroatoms. The number of rotatable bonds is 6. The van der Waals surface area contributed by atoms with Crippen molar-refractivity contribution in [1.29, 1.82) is 0 Å². The number of furan rings is 1. The van der Waals surface area contributed by atoms with Crippen molar-refractivity contribution in [3.8, 4) is 11.4 Å². The van der Waals surface area contributed by atoms with E-state index in [0.29, 0.717) is 27.5 Å². The highest BCUT2D eigenvalue weighted by molar-refractivity contribution is 8.00. The third kappa shape index (κ3) is 4.45. The van der Waals surface area contributed by atoms with E-state index < -0.39 is 5.25 Å². The maximum absolute atomic E-state index is 13.2. The summed E-state index contributed by atoms with van der Waals surface area (Å²) in [5.41, 5.74) is 3.11. The molecule has 1 amide bonds. The molecule has 4 aromatic rings. The summed E-state index contributed by atoms with van der Waals surface area (Å²) in [6.45, 7) is 3.73. The van der Waals surface area contributed by atoms with Gasteiger partial charge < -0.3 is 15.6 Å². The zero-order valence-corrected chi connectivity index (χ0v) is 18.4. The molecule has 0 aliphatic heterocycles. The Bertz CT molecular complexity index is 1220. The van der Waals surface area contributed by atoms with E-state index in [1.165, 1.54) is 16.4 Å². The maximum atomic E-state index is 13.2. The summed E-state index contributed by atoms with van der Waals surface area (Å²) in [6.07, 6.45) is 1.57. The van der Waals surface area contributed by atoms with Gasteiger partial charge in [-0.3, -0.25) is 4.79 Å². The van der Waals surface area contributed by atoms with Gasteiger partial charge >= 0.3 is 0 Å². The number of carbonyl (C=O) groups excluding carboxylic acids is 1. The summed E-state index contributed by atoms with van der Waals surface area (Å²) in [7, 11) is 0. The van der Waals surface area contributed by atoms with Crippen LogP contribution in [0.15, 0.2) is 70.4 Å². The van der Waals surface area contributed by atoms with Gasteiger partial charge in [0.05, 0.1) is 11.8 Å². The van der Waals surface area contributed by atoms with Gasteiger partial charge in [-0.1, -0.05) is 59.8 Å². The lowest BCUT2D eigenvalue weighted by Crippen LogP contribution is -2.20. The SMILES string of the molecule is Cc1ccc(NC(=O)C(Sc2nnc(-c3ccoc3C)n2N)c2ccccc2)cc1Cl. The quantitative estimate of drug-likeness (QED) is 0.315. The topological polar surface area (TPSA) is 99.0 Å². The van der Waals surface area contributed by atoms with Crippen LogP contribution in [0.4, 0.5) is 5.69 Å². The number of amides is 1. The molecule has 2 heterocycles. The molecule has 1 unspecified atom stereocenters. The normalized spacial score (nSPS) is 12.0. The van der Waals surface area contributed by atoms with Crippen LogP contribution in [-0.4, -0.2) is 20.8 Å². The van der Waals surface area contributed by atoms with E-state index in [4.69, 9.17) is 21.9 Å². The first-order valence-corrected chi connectivity index (χ1v) is 10.7. The molecule has 0 fully saturated rings. The smallest absolute Gasteiger partial charge is 0.242 e. The number of aryl methyl sites for hydroxylation is 2. The number of nitrogens with one attached hydrogen (secondary N) is 1. The fourth-order valence-corrected chi connectivity index (χ4v) is 4.18. The molecule has 0 spiro atoms. The highest BCUT2D eigenvalue weighted by Gasteiger charge is 2.26. The number of nitrogen functional groups attached to an aromatic ring is 1. The summed E-state index contributed by atoms with van der Waals surface area (Å²) in [5, 5.41) is 11.7. The molecular weight excluding hydrogens is 434 g/mol. The number of hydrogen-bond acceptors (Lipinski definition) is 6. The molecule has 0 saturated heterocycles. The van der Waals surface area contributed by atoms with Gasteiger partial charge in [0.25, 0.3) is 0 Å². The molecule has 2 aromatic heterocycles. The Hall–Kier alpha value is -3.23. The van der Waals surface area contributed by atoms with Crippen LogP contribution in [0.5, 0.6) is 0 Å². The molecule has 0 bridgehead atoms. The van der Waals surface area contributed by atoms with E-state index in [0.717, 1.165) is 16.7 Å². The molecule has 4 rings (SSSR count). The lowest BCUT2D eigenvalue weighted by atomic mass is 10.1. The van der Waals surface area contributed by atoms with Crippen molar-refractivity contribution in [2.24, 2.45) is 0 Å². The van der Waals surface area contributed by atoms with Crippen LogP contribution < -0.4 is 11.2 Å². The Kier molecular flexibility index (Phi) is 6.01. The number of anilines is 1. The number of nitrogens with zero attached hydrogens (tertiary/aromatic N) is 3. The second kappa shape index (κ2) is 8.87. The number of nitrogens with two attached hydrogens (primary N) is 1. The summed E-state index contributed by atoms with van der Waals surface area (Å²) < 4.78 is 6.71. The van der Waals surface area contributed by atoms with E-state index >= 15 is 0 Å². The maximum Gasteiger partial charge on any atom is 0.242 e. The molecule has 31 heavy (non-hydrogen) atoms. The van der Waals surface area contributed by atoms with Crippen molar-refractivity contribution in [3.05, 3.63) is 82.8 Å². The molecule has 158 valence electrons. The van der Waals surface area contributed by atoms with Crippen LogP contribution in [0, 0.1) is 13.8 Å². The Morgan fingerprint density at radius 3 is 2.61 bits per heavy atom.